The number of hydrogen-bond donors (Lipinski definition) is 2. The molecule has 2 aromatic rings. The van der Waals surface area contributed by atoms with Crippen molar-refractivity contribution in [3.63, 3.8) is 0 Å². The van der Waals surface area contributed by atoms with Gasteiger partial charge in [0.2, 0.25) is 0 Å². The van der Waals surface area contributed by atoms with E-state index in [1.54, 1.807) is 10.6 Å². The van der Waals surface area contributed by atoms with E-state index in [2.05, 4.69) is 17.2 Å². The van der Waals surface area contributed by atoms with Gasteiger partial charge in [-0.1, -0.05) is 11.8 Å². The summed E-state index contributed by atoms with van der Waals surface area (Å²) in [6.07, 6.45) is 2.30. The highest BCUT2D eigenvalue weighted by atomic mass is 16.2. The zero-order valence-electron chi connectivity index (χ0n) is 12.2. The number of aromatic nitrogens is 1. The van der Waals surface area contributed by atoms with Gasteiger partial charge in [0.15, 0.2) is 0 Å². The average molecular weight is 282 g/mol. The van der Waals surface area contributed by atoms with E-state index in [0.29, 0.717) is 12.1 Å². The molecule has 2 N–H and O–H groups in total. The maximum atomic E-state index is 12.1. The number of aliphatic hydroxyl groups is 1. The normalized spacial score (nSPS) is 9.86. The Hall–Kier alpha value is -2.51. The summed E-state index contributed by atoms with van der Waals surface area (Å²) >= 11 is 0. The van der Waals surface area contributed by atoms with Crippen LogP contribution < -0.4 is 5.32 Å². The van der Waals surface area contributed by atoms with Gasteiger partial charge in [0, 0.05) is 30.9 Å². The molecule has 0 saturated heterocycles. The molecule has 108 valence electrons. The Balaban J connectivity index is 2.12. The zero-order chi connectivity index (χ0) is 15.2. The molecule has 0 fully saturated rings. The van der Waals surface area contributed by atoms with Crippen molar-refractivity contribution in [2.45, 2.75) is 13.3 Å². The van der Waals surface area contributed by atoms with Gasteiger partial charge in [-0.2, -0.15) is 0 Å². The number of hydrogen-bond acceptors (Lipinski definition) is 2. The van der Waals surface area contributed by atoms with Crippen molar-refractivity contribution >= 4 is 11.6 Å². The Morgan fingerprint density at radius 2 is 2.19 bits per heavy atom. The Morgan fingerprint density at radius 1 is 1.38 bits per heavy atom. The smallest absolute Gasteiger partial charge is 0.272 e. The Morgan fingerprint density at radius 3 is 2.81 bits per heavy atom. The molecule has 0 atom stereocenters. The lowest BCUT2D eigenvalue weighted by atomic mass is 10.1. The topological polar surface area (TPSA) is 54.3 Å². The van der Waals surface area contributed by atoms with Crippen molar-refractivity contribution < 1.29 is 9.90 Å². The summed E-state index contributed by atoms with van der Waals surface area (Å²) in [6.45, 7) is 2.01. The molecule has 1 aromatic carbocycles. The molecule has 0 unspecified atom stereocenters. The van der Waals surface area contributed by atoms with Gasteiger partial charge in [-0.15, -0.1) is 0 Å². The Kier molecular flexibility index (Phi) is 4.81. The maximum Gasteiger partial charge on any atom is 0.272 e. The van der Waals surface area contributed by atoms with Crippen molar-refractivity contribution in [2.24, 2.45) is 7.05 Å². The first-order valence-electron chi connectivity index (χ1n) is 6.75. The van der Waals surface area contributed by atoms with E-state index in [-0.39, 0.29) is 12.5 Å². The quantitative estimate of drug-likeness (QED) is 0.849. The number of aliphatic hydroxyl groups excluding tert-OH is 1. The molecule has 4 heteroatoms. The zero-order valence-corrected chi connectivity index (χ0v) is 12.2. The first-order chi connectivity index (χ1) is 10.1. The van der Waals surface area contributed by atoms with Crippen LogP contribution in [0.3, 0.4) is 0 Å². The highest BCUT2D eigenvalue weighted by Crippen LogP contribution is 2.15. The number of nitrogens with one attached hydrogen (secondary N) is 1. The summed E-state index contributed by atoms with van der Waals surface area (Å²) < 4.78 is 1.77. The van der Waals surface area contributed by atoms with Crippen LogP contribution in [-0.4, -0.2) is 22.2 Å². The first-order valence-corrected chi connectivity index (χ1v) is 6.75. The third-order valence-electron chi connectivity index (χ3n) is 3.12. The third-order valence-corrected chi connectivity index (χ3v) is 3.12. The highest BCUT2D eigenvalue weighted by Gasteiger charge is 2.09. The standard InChI is InChI=1S/C17H18N2O2/c1-13-12-15(9-8-14(13)6-3-4-11-20)18-17(21)16-7-5-10-19(16)2/h5,7-10,12,20H,4,11H2,1-2H3,(H,18,21). The highest BCUT2D eigenvalue weighted by molar-refractivity contribution is 6.03. The molecule has 0 aliphatic heterocycles. The van der Waals surface area contributed by atoms with E-state index in [1.165, 1.54) is 0 Å². The summed E-state index contributed by atoms with van der Waals surface area (Å²) in [5, 5.41) is 11.6. The molecule has 0 aliphatic rings. The fourth-order valence-electron chi connectivity index (χ4n) is 1.99. The van der Waals surface area contributed by atoms with Gasteiger partial charge in [-0.3, -0.25) is 4.79 Å². The largest absolute Gasteiger partial charge is 0.395 e. The number of carbonyl (C=O) groups is 1. The van der Waals surface area contributed by atoms with Crippen LogP contribution in [0.2, 0.25) is 0 Å². The van der Waals surface area contributed by atoms with Crippen LogP contribution in [-0.2, 0) is 7.05 Å². The minimum atomic E-state index is -0.138. The summed E-state index contributed by atoms with van der Waals surface area (Å²) in [6, 6.07) is 9.21. The molecule has 1 amide bonds. The third kappa shape index (κ3) is 3.74. The van der Waals surface area contributed by atoms with Crippen LogP contribution >= 0.6 is 0 Å². The minimum Gasteiger partial charge on any atom is -0.395 e. The maximum absolute atomic E-state index is 12.1. The average Bonchev–Trinajstić information content (AvgIpc) is 2.88. The van der Waals surface area contributed by atoms with Gasteiger partial charge in [0.1, 0.15) is 5.69 Å². The van der Waals surface area contributed by atoms with Crippen molar-refractivity contribution in [2.75, 3.05) is 11.9 Å². The van der Waals surface area contributed by atoms with Gasteiger partial charge < -0.3 is 15.0 Å². The molecular formula is C17H18N2O2. The number of anilines is 1. The lowest BCUT2D eigenvalue weighted by Gasteiger charge is -2.08. The van der Waals surface area contributed by atoms with Gasteiger partial charge in [0.05, 0.1) is 6.61 Å². The van der Waals surface area contributed by atoms with Gasteiger partial charge >= 0.3 is 0 Å². The van der Waals surface area contributed by atoms with Gasteiger partial charge in [0.25, 0.3) is 5.91 Å². The number of carbonyl (C=O) groups excluding carboxylic acids is 1. The first kappa shape index (κ1) is 14.9. The molecule has 0 spiro atoms. The second kappa shape index (κ2) is 6.78. The molecule has 4 nitrogen and oxygen atoms in total. The number of nitrogens with zero attached hydrogens (tertiary/aromatic N) is 1. The fraction of sp³-hybridized carbons (Fsp3) is 0.235. The Labute approximate surface area is 124 Å². The number of amides is 1. The lowest BCUT2D eigenvalue weighted by Crippen LogP contribution is -2.15. The van der Waals surface area contributed by atoms with E-state index in [9.17, 15) is 4.79 Å². The molecule has 1 aromatic heterocycles. The lowest BCUT2D eigenvalue weighted by molar-refractivity contribution is 0.101. The van der Waals surface area contributed by atoms with Crippen LogP contribution in [0.15, 0.2) is 36.5 Å². The fourth-order valence-corrected chi connectivity index (χ4v) is 1.99. The Bertz CT molecular complexity index is 705. The number of rotatable bonds is 3. The SMILES string of the molecule is Cc1cc(NC(=O)c2cccn2C)ccc1C#CCCO. The van der Waals surface area contributed by atoms with E-state index in [4.69, 9.17) is 5.11 Å². The molecule has 0 radical (unpaired) electrons. The van der Waals surface area contributed by atoms with Crippen molar-refractivity contribution in [3.05, 3.63) is 53.3 Å². The van der Waals surface area contributed by atoms with E-state index < -0.39 is 0 Å². The summed E-state index contributed by atoms with van der Waals surface area (Å²) in [5.41, 5.74) is 3.25. The number of benzene rings is 1. The summed E-state index contributed by atoms with van der Waals surface area (Å²) in [4.78, 5) is 12.1. The predicted molar refractivity (Wildman–Crippen MR) is 83.1 cm³/mol. The molecular weight excluding hydrogens is 264 g/mol. The van der Waals surface area contributed by atoms with E-state index in [1.807, 2.05) is 44.4 Å². The van der Waals surface area contributed by atoms with Crippen molar-refractivity contribution in [3.8, 4) is 11.8 Å². The monoisotopic (exact) mass is 282 g/mol. The second-order valence-electron chi connectivity index (χ2n) is 4.76. The van der Waals surface area contributed by atoms with Crippen molar-refractivity contribution in [1.29, 1.82) is 0 Å². The molecule has 1 heterocycles. The second-order valence-corrected chi connectivity index (χ2v) is 4.76. The van der Waals surface area contributed by atoms with Crippen LogP contribution in [0.1, 0.15) is 28.0 Å². The van der Waals surface area contributed by atoms with Gasteiger partial charge in [-0.05, 0) is 42.8 Å². The van der Waals surface area contributed by atoms with E-state index in [0.717, 1.165) is 16.8 Å². The van der Waals surface area contributed by atoms with Crippen LogP contribution in [0, 0.1) is 18.8 Å². The summed E-state index contributed by atoms with van der Waals surface area (Å²) in [7, 11) is 1.83. The molecule has 0 saturated carbocycles. The molecule has 2 rings (SSSR count). The summed E-state index contributed by atoms with van der Waals surface area (Å²) in [5.74, 6) is 5.76. The molecule has 0 bridgehead atoms. The van der Waals surface area contributed by atoms with E-state index >= 15 is 0 Å². The molecule has 0 aliphatic carbocycles. The van der Waals surface area contributed by atoms with Crippen LogP contribution in [0.4, 0.5) is 5.69 Å². The predicted octanol–water partition coefficient (Wildman–Crippen LogP) is 2.32. The van der Waals surface area contributed by atoms with Gasteiger partial charge in [-0.25, -0.2) is 0 Å². The van der Waals surface area contributed by atoms with Crippen molar-refractivity contribution in [1.82, 2.24) is 4.57 Å². The minimum absolute atomic E-state index is 0.0663. The molecule has 21 heavy (non-hydrogen) atoms. The number of aryl methyl sites for hydroxylation is 2. The van der Waals surface area contributed by atoms with Crippen LogP contribution in [0.5, 0.6) is 0 Å². The van der Waals surface area contributed by atoms with Crippen LogP contribution in [0.25, 0.3) is 0 Å².